The molecule has 1 aromatic rings. The molecule has 1 aliphatic heterocycles. The molecule has 170 valence electrons. The van der Waals surface area contributed by atoms with Crippen molar-refractivity contribution in [1.82, 2.24) is 14.9 Å². The summed E-state index contributed by atoms with van der Waals surface area (Å²) in [4.78, 5) is 26.5. The highest BCUT2D eigenvalue weighted by Gasteiger charge is 2.34. The Labute approximate surface area is 184 Å². The van der Waals surface area contributed by atoms with Crippen LogP contribution in [0, 0.1) is 0 Å². The molecule has 3 N–H and O–H groups in total. The third-order valence-electron chi connectivity index (χ3n) is 6.46. The molecule has 3 aliphatic rings. The van der Waals surface area contributed by atoms with Gasteiger partial charge in [0, 0.05) is 24.8 Å². The zero-order valence-corrected chi connectivity index (χ0v) is 19.1. The highest BCUT2D eigenvalue weighted by Crippen LogP contribution is 2.38. The van der Waals surface area contributed by atoms with E-state index in [1.807, 2.05) is 13.8 Å². The molecule has 8 nitrogen and oxygen atoms in total. The van der Waals surface area contributed by atoms with E-state index in [0.29, 0.717) is 19.4 Å². The molecule has 1 aromatic carbocycles. The van der Waals surface area contributed by atoms with Crippen molar-refractivity contribution in [2.45, 2.75) is 76.5 Å². The van der Waals surface area contributed by atoms with Crippen molar-refractivity contribution in [3.8, 4) is 0 Å². The summed E-state index contributed by atoms with van der Waals surface area (Å²) in [6.07, 6.45) is 6.96. The third-order valence-corrected chi connectivity index (χ3v) is 8.20. The van der Waals surface area contributed by atoms with Crippen molar-refractivity contribution in [3.63, 3.8) is 0 Å². The molecule has 0 saturated carbocycles. The lowest BCUT2D eigenvalue weighted by Gasteiger charge is -2.32. The second kappa shape index (κ2) is 8.68. The molecule has 0 spiro atoms. The standard InChI is InChI=1S/C22H32N4O4S/c1-14(2)23-22(28)26-11-5-8-17(13-26)31(29,30)25-21(27)24-20-18-9-3-6-15(18)12-16-7-4-10-19(16)20/h12,14,17H,3-11,13H2,1-2H3,(H,23,28)(H2,24,25,27). The lowest BCUT2D eigenvalue weighted by Crippen LogP contribution is -2.53. The highest BCUT2D eigenvalue weighted by atomic mass is 32.2. The first kappa shape index (κ1) is 21.9. The average molecular weight is 449 g/mol. The zero-order valence-electron chi connectivity index (χ0n) is 18.3. The second-order valence-electron chi connectivity index (χ2n) is 9.15. The van der Waals surface area contributed by atoms with Crippen LogP contribution in [0.1, 0.15) is 61.8 Å². The van der Waals surface area contributed by atoms with Crippen LogP contribution in [0.2, 0.25) is 0 Å². The summed E-state index contributed by atoms with van der Waals surface area (Å²) >= 11 is 0. The predicted molar refractivity (Wildman–Crippen MR) is 120 cm³/mol. The molecule has 1 heterocycles. The van der Waals surface area contributed by atoms with Gasteiger partial charge in [0.2, 0.25) is 10.0 Å². The van der Waals surface area contributed by atoms with E-state index in [9.17, 15) is 18.0 Å². The number of hydrogen-bond acceptors (Lipinski definition) is 4. The van der Waals surface area contributed by atoms with Gasteiger partial charge in [-0.1, -0.05) is 6.07 Å². The van der Waals surface area contributed by atoms with E-state index >= 15 is 0 Å². The maximum Gasteiger partial charge on any atom is 0.332 e. The Hall–Kier alpha value is -2.29. The van der Waals surface area contributed by atoms with Crippen molar-refractivity contribution in [2.75, 3.05) is 18.4 Å². The van der Waals surface area contributed by atoms with Gasteiger partial charge < -0.3 is 15.5 Å². The number of aryl methyl sites for hydroxylation is 2. The van der Waals surface area contributed by atoms with Crippen LogP contribution in [-0.4, -0.2) is 49.8 Å². The fourth-order valence-electron chi connectivity index (χ4n) is 5.03. The van der Waals surface area contributed by atoms with Gasteiger partial charge >= 0.3 is 12.1 Å². The molecule has 1 saturated heterocycles. The lowest BCUT2D eigenvalue weighted by atomic mass is 9.99. The van der Waals surface area contributed by atoms with E-state index < -0.39 is 21.3 Å². The Morgan fingerprint density at radius 1 is 1.03 bits per heavy atom. The molecule has 0 radical (unpaired) electrons. The van der Waals surface area contributed by atoms with Crippen molar-refractivity contribution in [1.29, 1.82) is 0 Å². The number of sulfonamides is 1. The number of benzene rings is 1. The summed E-state index contributed by atoms with van der Waals surface area (Å²) in [5.41, 5.74) is 5.68. The first-order valence-electron chi connectivity index (χ1n) is 11.3. The number of piperidine rings is 1. The van der Waals surface area contributed by atoms with Crippen molar-refractivity contribution in [3.05, 3.63) is 28.3 Å². The van der Waals surface area contributed by atoms with Crippen LogP contribution >= 0.6 is 0 Å². The Balaban J connectivity index is 1.45. The van der Waals surface area contributed by atoms with Crippen LogP contribution in [0.4, 0.5) is 15.3 Å². The number of carbonyl (C=O) groups excluding carboxylic acids is 2. The van der Waals surface area contributed by atoms with E-state index in [1.54, 1.807) is 0 Å². The number of carbonyl (C=O) groups is 2. The van der Waals surface area contributed by atoms with Gasteiger partial charge in [-0.25, -0.2) is 22.7 Å². The normalized spacial score (nSPS) is 20.4. The molecule has 0 bridgehead atoms. The van der Waals surface area contributed by atoms with Gasteiger partial charge in [-0.3, -0.25) is 0 Å². The van der Waals surface area contributed by atoms with Crippen LogP contribution in [0.3, 0.4) is 0 Å². The van der Waals surface area contributed by atoms with Gasteiger partial charge in [-0.15, -0.1) is 0 Å². The Morgan fingerprint density at radius 2 is 1.68 bits per heavy atom. The average Bonchev–Trinajstić information content (AvgIpc) is 3.36. The minimum atomic E-state index is -3.91. The van der Waals surface area contributed by atoms with Crippen molar-refractivity contribution >= 4 is 27.8 Å². The molecule has 1 unspecified atom stereocenters. The third kappa shape index (κ3) is 4.66. The maximum atomic E-state index is 12.9. The molecule has 4 amide bonds. The molecule has 2 aliphatic carbocycles. The summed E-state index contributed by atoms with van der Waals surface area (Å²) in [6.45, 7) is 4.31. The smallest absolute Gasteiger partial charge is 0.332 e. The maximum absolute atomic E-state index is 12.9. The number of rotatable bonds is 4. The van der Waals surface area contributed by atoms with Crippen LogP contribution in [-0.2, 0) is 35.7 Å². The van der Waals surface area contributed by atoms with Gasteiger partial charge in [0.05, 0.1) is 5.25 Å². The van der Waals surface area contributed by atoms with E-state index in [0.717, 1.165) is 55.3 Å². The fraction of sp³-hybridized carbons (Fsp3) is 0.636. The second-order valence-corrected chi connectivity index (χ2v) is 11.1. The minimum absolute atomic E-state index is 0.0253. The number of hydrogen-bond donors (Lipinski definition) is 3. The minimum Gasteiger partial charge on any atom is -0.336 e. The fourth-order valence-corrected chi connectivity index (χ4v) is 6.36. The lowest BCUT2D eigenvalue weighted by molar-refractivity contribution is 0.184. The SMILES string of the molecule is CC(C)NC(=O)N1CCCC(S(=O)(=O)NC(=O)Nc2c3c(cc4c2CCC4)CCC3)C1. The summed E-state index contributed by atoms with van der Waals surface area (Å²) < 4.78 is 28.0. The summed E-state index contributed by atoms with van der Waals surface area (Å²) in [7, 11) is -3.91. The molecule has 1 fully saturated rings. The first-order valence-corrected chi connectivity index (χ1v) is 12.8. The van der Waals surface area contributed by atoms with Crippen molar-refractivity contribution < 1.29 is 18.0 Å². The Morgan fingerprint density at radius 3 is 2.29 bits per heavy atom. The zero-order chi connectivity index (χ0) is 22.2. The number of amides is 4. The highest BCUT2D eigenvalue weighted by molar-refractivity contribution is 7.90. The predicted octanol–water partition coefficient (Wildman–Crippen LogP) is 2.70. The van der Waals surface area contributed by atoms with Crippen LogP contribution in [0.5, 0.6) is 0 Å². The van der Waals surface area contributed by atoms with E-state index in [1.165, 1.54) is 16.0 Å². The summed E-state index contributed by atoms with van der Waals surface area (Å²) in [6, 6.07) is 1.26. The summed E-state index contributed by atoms with van der Waals surface area (Å²) in [5.74, 6) is 0. The Kier molecular flexibility index (Phi) is 6.14. The number of nitrogens with one attached hydrogen (secondary N) is 3. The van der Waals surface area contributed by atoms with E-state index in [2.05, 4.69) is 21.4 Å². The van der Waals surface area contributed by atoms with E-state index in [-0.39, 0.29) is 18.6 Å². The number of likely N-dealkylation sites (tertiary alicyclic amines) is 1. The number of fused-ring (bicyclic) bond motifs is 2. The monoisotopic (exact) mass is 448 g/mol. The molecule has 1 atom stereocenters. The molecule has 0 aromatic heterocycles. The number of nitrogens with zero attached hydrogens (tertiary/aromatic N) is 1. The Bertz CT molecular complexity index is 957. The van der Waals surface area contributed by atoms with Crippen LogP contribution in [0.15, 0.2) is 6.07 Å². The van der Waals surface area contributed by atoms with Crippen LogP contribution in [0.25, 0.3) is 0 Å². The van der Waals surface area contributed by atoms with Crippen molar-refractivity contribution in [2.24, 2.45) is 0 Å². The molecule has 4 rings (SSSR count). The number of urea groups is 2. The van der Waals surface area contributed by atoms with Gasteiger partial charge in [-0.2, -0.15) is 0 Å². The van der Waals surface area contributed by atoms with Gasteiger partial charge in [0.15, 0.2) is 0 Å². The molecule has 9 heteroatoms. The molecular weight excluding hydrogens is 416 g/mol. The topological polar surface area (TPSA) is 108 Å². The molecular formula is C22H32N4O4S. The van der Waals surface area contributed by atoms with Gasteiger partial charge in [0.1, 0.15) is 0 Å². The first-order chi connectivity index (χ1) is 14.7. The largest absolute Gasteiger partial charge is 0.336 e. The van der Waals surface area contributed by atoms with Gasteiger partial charge in [0.25, 0.3) is 0 Å². The quantitative estimate of drug-likeness (QED) is 0.658. The molecule has 31 heavy (non-hydrogen) atoms. The van der Waals surface area contributed by atoms with E-state index in [4.69, 9.17) is 0 Å². The van der Waals surface area contributed by atoms with Gasteiger partial charge in [-0.05, 0) is 87.5 Å². The van der Waals surface area contributed by atoms with Crippen LogP contribution < -0.4 is 15.4 Å². The number of anilines is 1. The summed E-state index contributed by atoms with van der Waals surface area (Å²) in [5, 5.41) is 4.87.